The lowest BCUT2D eigenvalue weighted by Crippen LogP contribution is -2.60. The minimum Gasteiger partial charge on any atom is -0.458 e. The molecular weight excluding hydrogens is 666 g/mol. The Morgan fingerprint density at radius 2 is 1.19 bits per heavy atom. The van der Waals surface area contributed by atoms with Crippen LogP contribution in [-0.2, 0) is 34.1 Å². The van der Waals surface area contributed by atoms with Gasteiger partial charge >= 0.3 is 18.1 Å². The first-order valence-electron chi connectivity index (χ1n) is 20.3. The molecule has 3 unspecified atom stereocenters. The standard InChI is InChI=1S/C45H58NO7/c1-2-3-4-5-6-7-8-9-19-28-41(47)51-42(35-22-13-10-14-23-35)52-44(49)53-45(36-24-15-11-16-25-36,37-26-17-12-18-27-37)43(48)50-40-33-38-29-30-39(34-40)46(38)31-20-21-32-46/h10-18,22-27,38-40,42H,2-9,19-21,28-34H2,1H3/q+1. The van der Waals surface area contributed by atoms with Crippen LogP contribution in [0.15, 0.2) is 91.0 Å². The normalized spacial score (nSPS) is 20.8. The lowest BCUT2D eigenvalue weighted by molar-refractivity contribution is -0.956. The van der Waals surface area contributed by atoms with Gasteiger partial charge in [0, 0.05) is 61.6 Å². The van der Waals surface area contributed by atoms with E-state index >= 15 is 0 Å². The summed E-state index contributed by atoms with van der Waals surface area (Å²) in [5, 5.41) is 0. The molecule has 3 aliphatic heterocycles. The number of quaternary nitrogens is 1. The maximum Gasteiger partial charge on any atom is 0.513 e. The Balaban J connectivity index is 1.17. The molecule has 0 aliphatic carbocycles. The van der Waals surface area contributed by atoms with Crippen LogP contribution in [0.3, 0.4) is 0 Å². The van der Waals surface area contributed by atoms with Crippen molar-refractivity contribution in [2.45, 2.75) is 140 Å². The van der Waals surface area contributed by atoms with E-state index in [4.69, 9.17) is 18.9 Å². The van der Waals surface area contributed by atoms with Gasteiger partial charge in [-0.15, -0.1) is 0 Å². The van der Waals surface area contributed by atoms with Gasteiger partial charge < -0.3 is 23.4 Å². The summed E-state index contributed by atoms with van der Waals surface area (Å²) in [6, 6.07) is 27.8. The highest BCUT2D eigenvalue weighted by molar-refractivity contribution is 5.88. The Morgan fingerprint density at radius 3 is 1.74 bits per heavy atom. The zero-order chi connectivity index (χ0) is 36.9. The zero-order valence-electron chi connectivity index (χ0n) is 31.5. The van der Waals surface area contributed by atoms with Crippen molar-refractivity contribution in [2.75, 3.05) is 13.1 Å². The number of benzene rings is 3. The summed E-state index contributed by atoms with van der Waals surface area (Å²) in [6.45, 7) is 4.66. The number of hydrogen-bond donors (Lipinski definition) is 0. The minimum absolute atomic E-state index is 0.214. The van der Waals surface area contributed by atoms with E-state index in [9.17, 15) is 14.4 Å². The average molecular weight is 725 g/mol. The number of piperidine rings is 1. The molecule has 2 bridgehead atoms. The number of hydrogen-bond acceptors (Lipinski definition) is 7. The van der Waals surface area contributed by atoms with Crippen molar-refractivity contribution in [2.24, 2.45) is 0 Å². The summed E-state index contributed by atoms with van der Waals surface area (Å²) < 4.78 is 25.5. The molecule has 8 nitrogen and oxygen atoms in total. The Morgan fingerprint density at radius 1 is 0.679 bits per heavy atom. The Bertz CT molecular complexity index is 1540. The first kappa shape index (κ1) is 38.6. The minimum atomic E-state index is -1.96. The molecule has 8 heteroatoms. The van der Waals surface area contributed by atoms with E-state index < -0.39 is 30.0 Å². The smallest absolute Gasteiger partial charge is 0.458 e. The molecule has 0 saturated carbocycles. The van der Waals surface area contributed by atoms with E-state index in [1.807, 2.05) is 18.2 Å². The largest absolute Gasteiger partial charge is 0.513 e. The van der Waals surface area contributed by atoms with Crippen molar-refractivity contribution in [1.29, 1.82) is 0 Å². The lowest BCUT2D eigenvalue weighted by atomic mass is 9.85. The molecular formula is C45H58NO7+. The molecule has 284 valence electrons. The summed E-state index contributed by atoms with van der Waals surface area (Å²) >= 11 is 0. The van der Waals surface area contributed by atoms with Crippen LogP contribution in [0, 0.1) is 0 Å². The number of rotatable bonds is 18. The van der Waals surface area contributed by atoms with Crippen LogP contribution in [0.5, 0.6) is 0 Å². The van der Waals surface area contributed by atoms with Gasteiger partial charge in [-0.05, 0) is 6.42 Å². The molecule has 3 aromatic rings. The van der Waals surface area contributed by atoms with E-state index in [1.54, 1.807) is 72.8 Å². The van der Waals surface area contributed by atoms with Gasteiger partial charge in [-0.3, -0.25) is 4.79 Å². The molecule has 3 atom stereocenters. The fraction of sp³-hybridized carbons (Fsp3) is 0.533. The van der Waals surface area contributed by atoms with Crippen molar-refractivity contribution in [3.05, 3.63) is 108 Å². The van der Waals surface area contributed by atoms with Crippen LogP contribution in [0.2, 0.25) is 0 Å². The van der Waals surface area contributed by atoms with Crippen LogP contribution in [-0.4, -0.2) is 53.9 Å². The first-order chi connectivity index (χ1) is 25.9. The zero-order valence-corrected chi connectivity index (χ0v) is 31.5. The van der Waals surface area contributed by atoms with E-state index in [0.717, 1.165) is 44.9 Å². The van der Waals surface area contributed by atoms with E-state index in [2.05, 4.69) is 6.92 Å². The van der Waals surface area contributed by atoms with Gasteiger partial charge in [0.05, 0.1) is 25.2 Å². The summed E-state index contributed by atoms with van der Waals surface area (Å²) in [6.07, 6.45) is 14.0. The summed E-state index contributed by atoms with van der Waals surface area (Å²) in [5.74, 6) is -1.12. The Kier molecular flexibility index (Phi) is 13.6. The molecule has 1 spiro atoms. The first-order valence-corrected chi connectivity index (χ1v) is 20.3. The fourth-order valence-electron chi connectivity index (χ4n) is 9.21. The Hall–Kier alpha value is -4.17. The molecule has 3 saturated heterocycles. The van der Waals surface area contributed by atoms with Crippen molar-refractivity contribution in [3.8, 4) is 0 Å². The summed E-state index contributed by atoms with van der Waals surface area (Å²) in [5.41, 5.74) is -0.603. The highest BCUT2D eigenvalue weighted by atomic mass is 16.8. The summed E-state index contributed by atoms with van der Waals surface area (Å²) in [4.78, 5) is 41.9. The second kappa shape index (κ2) is 18.7. The predicted molar refractivity (Wildman–Crippen MR) is 204 cm³/mol. The van der Waals surface area contributed by atoms with Crippen molar-refractivity contribution in [3.63, 3.8) is 0 Å². The average Bonchev–Trinajstić information content (AvgIpc) is 3.73. The molecule has 3 aliphatic rings. The molecule has 3 fully saturated rings. The molecule has 0 aromatic heterocycles. The van der Waals surface area contributed by atoms with Gasteiger partial charge in [-0.2, -0.15) is 0 Å². The van der Waals surface area contributed by atoms with Crippen LogP contribution >= 0.6 is 0 Å². The lowest BCUT2D eigenvalue weighted by Gasteiger charge is -2.47. The van der Waals surface area contributed by atoms with Crippen molar-refractivity contribution >= 4 is 18.1 Å². The molecule has 53 heavy (non-hydrogen) atoms. The number of unbranched alkanes of at least 4 members (excludes halogenated alkanes) is 8. The third-order valence-electron chi connectivity index (χ3n) is 11.9. The van der Waals surface area contributed by atoms with Crippen LogP contribution in [0.25, 0.3) is 0 Å². The molecule has 0 N–H and O–H groups in total. The van der Waals surface area contributed by atoms with Crippen molar-refractivity contribution in [1.82, 2.24) is 0 Å². The van der Waals surface area contributed by atoms with Gasteiger partial charge in [0.1, 0.15) is 6.10 Å². The van der Waals surface area contributed by atoms with E-state index in [-0.39, 0.29) is 12.5 Å². The maximum atomic E-state index is 14.8. The van der Waals surface area contributed by atoms with Gasteiger partial charge in [0.2, 0.25) is 0 Å². The molecule has 6 rings (SSSR count). The topological polar surface area (TPSA) is 88.1 Å². The Labute approximate surface area is 315 Å². The predicted octanol–water partition coefficient (Wildman–Crippen LogP) is 10.1. The summed E-state index contributed by atoms with van der Waals surface area (Å²) in [7, 11) is 0. The number of nitrogens with zero attached hydrogens (tertiary/aromatic N) is 1. The highest BCUT2D eigenvalue weighted by Gasteiger charge is 2.57. The third kappa shape index (κ3) is 9.32. The van der Waals surface area contributed by atoms with Gasteiger partial charge in [0.25, 0.3) is 11.9 Å². The van der Waals surface area contributed by atoms with E-state index in [1.165, 1.54) is 62.5 Å². The quantitative estimate of drug-likeness (QED) is 0.0424. The number of esters is 2. The van der Waals surface area contributed by atoms with Gasteiger partial charge in [0.15, 0.2) is 0 Å². The van der Waals surface area contributed by atoms with Gasteiger partial charge in [-0.25, -0.2) is 9.59 Å². The maximum absolute atomic E-state index is 14.8. The second-order valence-corrected chi connectivity index (χ2v) is 15.3. The molecule has 0 radical (unpaired) electrons. The fourth-order valence-corrected chi connectivity index (χ4v) is 9.21. The van der Waals surface area contributed by atoms with Crippen LogP contribution in [0.1, 0.15) is 133 Å². The van der Waals surface area contributed by atoms with E-state index in [0.29, 0.717) is 35.2 Å². The second-order valence-electron chi connectivity index (χ2n) is 15.3. The monoisotopic (exact) mass is 724 g/mol. The van der Waals surface area contributed by atoms with Crippen LogP contribution in [0.4, 0.5) is 4.79 Å². The third-order valence-corrected chi connectivity index (χ3v) is 11.9. The SMILES string of the molecule is CCCCCCCCCCCC(=O)OC(OC(=O)OC(C(=O)OC1CC2CCC(C1)[N+]21CCCC1)(c1ccccc1)c1ccccc1)c1ccccc1. The van der Waals surface area contributed by atoms with Crippen LogP contribution < -0.4 is 0 Å². The molecule has 3 heterocycles. The number of carbonyl (C=O) groups is 3. The van der Waals surface area contributed by atoms with Gasteiger partial charge in [-0.1, -0.05) is 149 Å². The molecule has 3 aromatic carbocycles. The molecule has 0 amide bonds. The number of carbonyl (C=O) groups excluding carboxylic acids is 3. The highest BCUT2D eigenvalue weighted by Crippen LogP contribution is 2.47. The number of ether oxygens (including phenoxy) is 4. The van der Waals surface area contributed by atoms with Crippen molar-refractivity contribution < 1.29 is 37.8 Å².